The van der Waals surface area contributed by atoms with Gasteiger partial charge in [0.05, 0.1) is 36.4 Å². The Hall–Kier alpha value is -2.44. The van der Waals surface area contributed by atoms with Crippen molar-refractivity contribution in [2.75, 3.05) is 19.5 Å². The molecule has 0 aliphatic heterocycles. The molecule has 0 spiro atoms. The van der Waals surface area contributed by atoms with E-state index in [0.717, 1.165) is 0 Å². The zero-order valence-electron chi connectivity index (χ0n) is 15.0. The molecular formula is C19H19Cl2NO5. The van der Waals surface area contributed by atoms with Crippen molar-refractivity contribution in [2.24, 2.45) is 0 Å². The van der Waals surface area contributed by atoms with Gasteiger partial charge in [-0.25, -0.2) is 0 Å². The van der Waals surface area contributed by atoms with Gasteiger partial charge in [0.25, 0.3) is 5.91 Å². The summed E-state index contributed by atoms with van der Waals surface area (Å²) in [5, 5.41) is 3.40. The first-order valence-electron chi connectivity index (χ1n) is 8.00. The number of hydrogen-bond acceptors (Lipinski definition) is 5. The number of ether oxygens (including phenoxy) is 3. The van der Waals surface area contributed by atoms with Crippen LogP contribution in [0.25, 0.3) is 0 Å². The first-order chi connectivity index (χ1) is 12.8. The van der Waals surface area contributed by atoms with E-state index in [-0.39, 0.29) is 6.42 Å². The van der Waals surface area contributed by atoms with Crippen LogP contribution in [-0.4, -0.2) is 32.2 Å². The summed E-state index contributed by atoms with van der Waals surface area (Å²) < 4.78 is 15.5. The molecule has 1 amide bonds. The van der Waals surface area contributed by atoms with Gasteiger partial charge in [-0.1, -0.05) is 29.3 Å². The largest absolute Gasteiger partial charge is 0.497 e. The van der Waals surface area contributed by atoms with Gasteiger partial charge < -0.3 is 19.5 Å². The fourth-order valence-corrected chi connectivity index (χ4v) is 2.58. The van der Waals surface area contributed by atoms with Crippen molar-refractivity contribution in [3.8, 4) is 11.5 Å². The van der Waals surface area contributed by atoms with Crippen LogP contribution in [0.3, 0.4) is 0 Å². The summed E-state index contributed by atoms with van der Waals surface area (Å²) >= 11 is 11.8. The molecule has 0 saturated heterocycles. The highest BCUT2D eigenvalue weighted by molar-refractivity contribution is 6.42. The summed E-state index contributed by atoms with van der Waals surface area (Å²) in [6.07, 6.45) is -1.03. The number of nitrogens with one attached hydrogen (secondary N) is 1. The Balaban J connectivity index is 1.98. The zero-order chi connectivity index (χ0) is 20.0. The average Bonchev–Trinajstić information content (AvgIpc) is 2.64. The maximum atomic E-state index is 12.3. The molecule has 0 aromatic heterocycles. The van der Waals surface area contributed by atoms with Gasteiger partial charge in [-0.2, -0.15) is 0 Å². The summed E-state index contributed by atoms with van der Waals surface area (Å²) in [6, 6.07) is 9.82. The molecule has 27 heavy (non-hydrogen) atoms. The van der Waals surface area contributed by atoms with E-state index in [0.29, 0.717) is 32.8 Å². The molecule has 0 aliphatic rings. The van der Waals surface area contributed by atoms with Crippen LogP contribution in [0.5, 0.6) is 11.5 Å². The number of hydrogen-bond donors (Lipinski definition) is 1. The molecule has 1 atom stereocenters. The Morgan fingerprint density at radius 1 is 1.04 bits per heavy atom. The molecule has 0 aliphatic carbocycles. The highest BCUT2D eigenvalue weighted by atomic mass is 35.5. The molecule has 1 N–H and O–H groups in total. The van der Waals surface area contributed by atoms with E-state index >= 15 is 0 Å². The fourth-order valence-electron chi connectivity index (χ4n) is 2.25. The Morgan fingerprint density at radius 3 is 2.41 bits per heavy atom. The second-order valence-electron chi connectivity index (χ2n) is 5.61. The molecule has 2 rings (SSSR count). The third-order valence-electron chi connectivity index (χ3n) is 3.67. The number of halogens is 2. The highest BCUT2D eigenvalue weighted by Gasteiger charge is 2.20. The second kappa shape index (κ2) is 9.48. The molecule has 0 bridgehead atoms. The first kappa shape index (κ1) is 20.9. The first-order valence-corrected chi connectivity index (χ1v) is 8.76. The maximum absolute atomic E-state index is 12.3. The molecule has 2 aromatic carbocycles. The Labute approximate surface area is 167 Å². The van der Waals surface area contributed by atoms with Crippen molar-refractivity contribution in [1.29, 1.82) is 0 Å². The molecule has 8 heteroatoms. The van der Waals surface area contributed by atoms with Crippen LogP contribution in [0.1, 0.15) is 12.5 Å². The van der Waals surface area contributed by atoms with Crippen LogP contribution in [0.15, 0.2) is 36.4 Å². The maximum Gasteiger partial charge on any atom is 0.311 e. The van der Waals surface area contributed by atoms with Crippen LogP contribution < -0.4 is 14.8 Å². The SMILES string of the molecule is COc1ccc(OC)c(NC(=O)C(C)OC(=O)Cc2ccc(Cl)c(Cl)c2)c1. The minimum Gasteiger partial charge on any atom is -0.497 e. The average molecular weight is 412 g/mol. The van der Waals surface area contributed by atoms with E-state index in [9.17, 15) is 9.59 Å². The second-order valence-corrected chi connectivity index (χ2v) is 6.43. The third kappa shape index (κ3) is 5.77. The smallest absolute Gasteiger partial charge is 0.311 e. The lowest BCUT2D eigenvalue weighted by Crippen LogP contribution is -2.30. The number of esters is 1. The number of rotatable bonds is 7. The lowest BCUT2D eigenvalue weighted by Gasteiger charge is -2.16. The number of carbonyl (C=O) groups excluding carboxylic acids is 2. The van der Waals surface area contributed by atoms with Crippen molar-refractivity contribution >= 4 is 40.8 Å². The van der Waals surface area contributed by atoms with Crippen LogP contribution in [-0.2, 0) is 20.7 Å². The lowest BCUT2D eigenvalue weighted by molar-refractivity contribution is -0.152. The van der Waals surface area contributed by atoms with E-state index < -0.39 is 18.0 Å². The summed E-state index contributed by atoms with van der Waals surface area (Å²) in [6.45, 7) is 1.48. The summed E-state index contributed by atoms with van der Waals surface area (Å²) in [5.41, 5.74) is 1.05. The van der Waals surface area contributed by atoms with E-state index in [1.165, 1.54) is 21.1 Å². The number of benzene rings is 2. The van der Waals surface area contributed by atoms with Gasteiger partial charge in [0.1, 0.15) is 11.5 Å². The van der Waals surface area contributed by atoms with Crippen molar-refractivity contribution in [2.45, 2.75) is 19.4 Å². The number of anilines is 1. The molecule has 2 aromatic rings. The normalized spacial score (nSPS) is 11.4. The molecule has 0 heterocycles. The van der Waals surface area contributed by atoms with Crippen LogP contribution in [0, 0.1) is 0 Å². The van der Waals surface area contributed by atoms with E-state index in [1.54, 1.807) is 36.4 Å². The predicted octanol–water partition coefficient (Wildman–Crippen LogP) is 4.12. The molecule has 1 unspecified atom stereocenters. The molecule has 0 radical (unpaired) electrons. The monoisotopic (exact) mass is 411 g/mol. The summed E-state index contributed by atoms with van der Waals surface area (Å²) in [7, 11) is 3.00. The Kier molecular flexibility index (Phi) is 7.33. The number of amides is 1. The Morgan fingerprint density at radius 2 is 1.78 bits per heavy atom. The molecule has 144 valence electrons. The van der Waals surface area contributed by atoms with Gasteiger partial charge in [0, 0.05) is 6.07 Å². The number of carbonyl (C=O) groups is 2. The van der Waals surface area contributed by atoms with Gasteiger partial charge in [-0.05, 0) is 36.8 Å². The minimum absolute atomic E-state index is 0.0308. The highest BCUT2D eigenvalue weighted by Crippen LogP contribution is 2.29. The van der Waals surface area contributed by atoms with Gasteiger partial charge in [-0.3, -0.25) is 9.59 Å². The van der Waals surface area contributed by atoms with Gasteiger partial charge in [0.2, 0.25) is 0 Å². The van der Waals surface area contributed by atoms with Crippen LogP contribution in [0.4, 0.5) is 5.69 Å². The fraction of sp³-hybridized carbons (Fsp3) is 0.263. The molecule has 0 fully saturated rings. The van der Waals surface area contributed by atoms with Crippen LogP contribution >= 0.6 is 23.2 Å². The topological polar surface area (TPSA) is 73.9 Å². The molecule has 6 nitrogen and oxygen atoms in total. The third-order valence-corrected chi connectivity index (χ3v) is 4.41. The van der Waals surface area contributed by atoms with E-state index in [2.05, 4.69) is 5.32 Å². The van der Waals surface area contributed by atoms with Gasteiger partial charge in [-0.15, -0.1) is 0 Å². The predicted molar refractivity (Wildman–Crippen MR) is 104 cm³/mol. The Bertz CT molecular complexity index is 841. The van der Waals surface area contributed by atoms with E-state index in [1.807, 2.05) is 0 Å². The zero-order valence-corrected chi connectivity index (χ0v) is 16.6. The summed E-state index contributed by atoms with van der Waals surface area (Å²) in [5.74, 6) is -0.0495. The van der Waals surface area contributed by atoms with Crippen molar-refractivity contribution in [3.63, 3.8) is 0 Å². The number of methoxy groups -OCH3 is 2. The molecule has 0 saturated carbocycles. The van der Waals surface area contributed by atoms with Gasteiger partial charge in [0.15, 0.2) is 6.10 Å². The van der Waals surface area contributed by atoms with Gasteiger partial charge >= 0.3 is 5.97 Å². The summed E-state index contributed by atoms with van der Waals surface area (Å²) in [4.78, 5) is 24.4. The van der Waals surface area contributed by atoms with Crippen LogP contribution in [0.2, 0.25) is 10.0 Å². The minimum atomic E-state index is -1.00. The quantitative estimate of drug-likeness (QED) is 0.693. The van der Waals surface area contributed by atoms with Crippen molar-refractivity contribution in [1.82, 2.24) is 0 Å². The van der Waals surface area contributed by atoms with Crippen molar-refractivity contribution < 1.29 is 23.8 Å². The van der Waals surface area contributed by atoms with E-state index in [4.69, 9.17) is 37.4 Å². The standard InChI is InChI=1S/C19H19Cl2NO5/c1-11(27-18(23)9-12-4-6-14(20)15(21)8-12)19(24)22-16-10-13(25-2)5-7-17(16)26-3/h4-8,10-11H,9H2,1-3H3,(H,22,24). The lowest BCUT2D eigenvalue weighted by atomic mass is 10.1. The van der Waals surface area contributed by atoms with Crippen molar-refractivity contribution in [3.05, 3.63) is 52.0 Å². The molecular weight excluding hydrogens is 393 g/mol.